The highest BCUT2D eigenvalue weighted by Gasteiger charge is 2.11. The Morgan fingerprint density at radius 3 is 2.59 bits per heavy atom. The molecule has 0 fully saturated rings. The third-order valence-corrected chi connectivity index (χ3v) is 2.46. The minimum Gasteiger partial charge on any atom is -0.497 e. The number of methoxy groups -OCH3 is 2. The summed E-state index contributed by atoms with van der Waals surface area (Å²) in [7, 11) is 4.77. The van der Waals surface area contributed by atoms with Gasteiger partial charge in [0.15, 0.2) is 0 Å². The summed E-state index contributed by atoms with van der Waals surface area (Å²) in [5, 5.41) is 8.76. The maximum atomic E-state index is 11.3. The maximum absolute atomic E-state index is 11.3. The van der Waals surface area contributed by atoms with E-state index in [9.17, 15) is 4.79 Å². The van der Waals surface area contributed by atoms with E-state index in [2.05, 4.69) is 0 Å². The van der Waals surface area contributed by atoms with Gasteiger partial charge >= 0.3 is 0 Å². The van der Waals surface area contributed by atoms with Crippen molar-refractivity contribution < 1.29 is 19.4 Å². The summed E-state index contributed by atoms with van der Waals surface area (Å²) in [5.74, 6) is 1.05. The van der Waals surface area contributed by atoms with Crippen LogP contribution in [0.25, 0.3) is 0 Å². The van der Waals surface area contributed by atoms with E-state index >= 15 is 0 Å². The Kier molecular flexibility index (Phi) is 4.78. The van der Waals surface area contributed by atoms with Crippen molar-refractivity contribution >= 4 is 5.91 Å². The van der Waals surface area contributed by atoms with Crippen LogP contribution in [0.15, 0.2) is 18.2 Å². The highest BCUT2D eigenvalue weighted by Crippen LogP contribution is 2.24. The summed E-state index contributed by atoms with van der Waals surface area (Å²) in [5.41, 5.74) is 0.830. The minimum absolute atomic E-state index is 0.338. The van der Waals surface area contributed by atoms with Gasteiger partial charge in [0, 0.05) is 19.2 Å². The van der Waals surface area contributed by atoms with E-state index in [0.29, 0.717) is 18.0 Å². The van der Waals surface area contributed by atoms with Crippen LogP contribution in [-0.2, 0) is 11.3 Å². The lowest BCUT2D eigenvalue weighted by molar-refractivity contribution is -0.133. The lowest BCUT2D eigenvalue weighted by atomic mass is 10.1. The van der Waals surface area contributed by atoms with E-state index in [1.54, 1.807) is 39.5 Å². The van der Waals surface area contributed by atoms with Gasteiger partial charge in [-0.05, 0) is 18.2 Å². The molecule has 0 radical (unpaired) electrons. The fourth-order valence-corrected chi connectivity index (χ4v) is 1.47. The molecule has 17 heavy (non-hydrogen) atoms. The number of carbonyl (C=O) groups excluding carboxylic acids is 1. The lowest BCUT2D eigenvalue weighted by Crippen LogP contribution is -2.28. The molecule has 1 rings (SSSR count). The summed E-state index contributed by atoms with van der Waals surface area (Å²) >= 11 is 0. The first-order chi connectivity index (χ1) is 8.12. The van der Waals surface area contributed by atoms with Crippen LogP contribution in [0.5, 0.6) is 11.5 Å². The number of hydrogen-bond acceptors (Lipinski definition) is 4. The normalized spacial score (nSPS) is 9.88. The molecule has 1 N–H and O–H groups in total. The number of nitrogens with zero attached hydrogens (tertiary/aromatic N) is 1. The monoisotopic (exact) mass is 239 g/mol. The Balaban J connectivity index is 2.91. The van der Waals surface area contributed by atoms with Crippen molar-refractivity contribution in [2.24, 2.45) is 0 Å². The molecule has 0 heterocycles. The molecule has 0 saturated carbocycles. The van der Waals surface area contributed by atoms with Crippen molar-refractivity contribution in [2.45, 2.75) is 6.54 Å². The van der Waals surface area contributed by atoms with Crippen LogP contribution in [0.3, 0.4) is 0 Å². The average Bonchev–Trinajstić information content (AvgIpc) is 2.37. The number of amides is 1. The smallest absolute Gasteiger partial charge is 0.248 e. The fourth-order valence-electron chi connectivity index (χ4n) is 1.47. The minimum atomic E-state index is -0.497. The second-order valence-corrected chi connectivity index (χ2v) is 3.59. The Morgan fingerprint density at radius 2 is 2.06 bits per heavy atom. The van der Waals surface area contributed by atoms with E-state index in [4.69, 9.17) is 14.6 Å². The molecule has 5 nitrogen and oxygen atoms in total. The molecule has 0 bridgehead atoms. The first-order valence-electron chi connectivity index (χ1n) is 5.18. The topological polar surface area (TPSA) is 59.0 Å². The number of aliphatic hydroxyl groups excluding tert-OH is 1. The average molecular weight is 239 g/mol. The van der Waals surface area contributed by atoms with Gasteiger partial charge in [-0.25, -0.2) is 0 Å². The Hall–Kier alpha value is -1.75. The van der Waals surface area contributed by atoms with Crippen LogP contribution >= 0.6 is 0 Å². The summed E-state index contributed by atoms with van der Waals surface area (Å²) in [4.78, 5) is 12.7. The Morgan fingerprint density at radius 1 is 1.35 bits per heavy atom. The van der Waals surface area contributed by atoms with Gasteiger partial charge < -0.3 is 19.5 Å². The predicted molar refractivity (Wildman–Crippen MR) is 63.1 cm³/mol. The van der Waals surface area contributed by atoms with E-state index in [1.807, 2.05) is 0 Å². The van der Waals surface area contributed by atoms with Crippen LogP contribution in [-0.4, -0.2) is 43.8 Å². The number of carbonyl (C=O) groups is 1. The zero-order valence-corrected chi connectivity index (χ0v) is 10.3. The molecule has 0 aliphatic rings. The molecule has 0 aliphatic carbocycles. The van der Waals surface area contributed by atoms with Gasteiger partial charge in [-0.15, -0.1) is 0 Å². The highest BCUT2D eigenvalue weighted by atomic mass is 16.5. The number of ether oxygens (including phenoxy) is 2. The number of likely N-dealkylation sites (N-methyl/N-ethyl adjacent to an activating group) is 1. The lowest BCUT2D eigenvalue weighted by Gasteiger charge is -2.18. The molecule has 5 heteroatoms. The van der Waals surface area contributed by atoms with E-state index in [0.717, 1.165) is 5.56 Å². The zero-order valence-electron chi connectivity index (χ0n) is 10.3. The van der Waals surface area contributed by atoms with Crippen LogP contribution in [0.4, 0.5) is 0 Å². The number of aliphatic hydroxyl groups is 1. The van der Waals surface area contributed by atoms with Crippen molar-refractivity contribution in [2.75, 3.05) is 27.9 Å². The van der Waals surface area contributed by atoms with Crippen LogP contribution < -0.4 is 9.47 Å². The van der Waals surface area contributed by atoms with Crippen molar-refractivity contribution in [3.63, 3.8) is 0 Å². The molecule has 1 aromatic carbocycles. The summed E-state index contributed by atoms with van der Waals surface area (Å²) in [6.07, 6.45) is 0. The Labute approximate surface area is 101 Å². The van der Waals surface area contributed by atoms with E-state index in [-0.39, 0.29) is 5.91 Å². The molecule has 0 aliphatic heterocycles. The summed E-state index contributed by atoms with van der Waals surface area (Å²) in [6, 6.07) is 5.38. The first kappa shape index (κ1) is 13.3. The van der Waals surface area contributed by atoms with Gasteiger partial charge in [-0.3, -0.25) is 4.79 Å². The predicted octanol–water partition coefficient (Wildman–Crippen LogP) is 0.654. The second-order valence-electron chi connectivity index (χ2n) is 3.59. The number of hydrogen-bond donors (Lipinski definition) is 1. The van der Waals surface area contributed by atoms with Gasteiger partial charge in [0.1, 0.15) is 18.1 Å². The molecular formula is C12H17NO4. The Bertz CT molecular complexity index is 392. The maximum Gasteiger partial charge on any atom is 0.248 e. The van der Waals surface area contributed by atoms with E-state index < -0.39 is 6.61 Å². The van der Waals surface area contributed by atoms with Gasteiger partial charge in [-0.1, -0.05) is 0 Å². The molecule has 0 aromatic heterocycles. The van der Waals surface area contributed by atoms with Crippen molar-refractivity contribution in [1.29, 1.82) is 0 Å². The van der Waals surface area contributed by atoms with Crippen LogP contribution in [0.2, 0.25) is 0 Å². The molecule has 94 valence electrons. The van der Waals surface area contributed by atoms with Crippen molar-refractivity contribution in [3.05, 3.63) is 23.8 Å². The summed E-state index contributed by atoms with van der Waals surface area (Å²) in [6.45, 7) is -0.136. The fraction of sp³-hybridized carbons (Fsp3) is 0.417. The van der Waals surface area contributed by atoms with Gasteiger partial charge in [0.2, 0.25) is 5.91 Å². The first-order valence-corrected chi connectivity index (χ1v) is 5.18. The van der Waals surface area contributed by atoms with Gasteiger partial charge in [0.05, 0.1) is 14.2 Å². The third-order valence-electron chi connectivity index (χ3n) is 2.46. The molecular weight excluding hydrogens is 222 g/mol. The molecule has 0 saturated heterocycles. The van der Waals surface area contributed by atoms with Crippen molar-refractivity contribution in [3.8, 4) is 11.5 Å². The third kappa shape index (κ3) is 3.35. The molecule has 0 atom stereocenters. The largest absolute Gasteiger partial charge is 0.497 e. The van der Waals surface area contributed by atoms with Crippen LogP contribution in [0.1, 0.15) is 5.56 Å². The van der Waals surface area contributed by atoms with Gasteiger partial charge in [0.25, 0.3) is 0 Å². The highest BCUT2D eigenvalue weighted by molar-refractivity contribution is 5.76. The zero-order chi connectivity index (χ0) is 12.8. The molecule has 0 unspecified atom stereocenters. The van der Waals surface area contributed by atoms with Crippen molar-refractivity contribution in [1.82, 2.24) is 4.90 Å². The molecule has 0 spiro atoms. The van der Waals surface area contributed by atoms with Crippen LogP contribution in [0, 0.1) is 0 Å². The summed E-state index contributed by atoms with van der Waals surface area (Å²) < 4.78 is 10.3. The standard InChI is InChI=1S/C12H17NO4/c1-13(12(15)8-14)7-9-6-10(16-2)4-5-11(9)17-3/h4-6,14H,7-8H2,1-3H3. The number of rotatable bonds is 5. The molecule has 1 amide bonds. The number of benzene rings is 1. The second kappa shape index (κ2) is 6.10. The van der Waals surface area contributed by atoms with E-state index in [1.165, 1.54) is 4.90 Å². The quantitative estimate of drug-likeness (QED) is 0.819. The van der Waals surface area contributed by atoms with Gasteiger partial charge in [-0.2, -0.15) is 0 Å². The SMILES string of the molecule is COc1ccc(OC)c(CN(C)C(=O)CO)c1. The molecule has 1 aromatic rings.